The van der Waals surface area contributed by atoms with Crippen LogP contribution >= 0.6 is 23.5 Å². The van der Waals surface area contributed by atoms with Crippen molar-refractivity contribution in [1.82, 2.24) is 5.32 Å². The Bertz CT molecular complexity index is 500. The highest BCUT2D eigenvalue weighted by Gasteiger charge is 2.13. The highest BCUT2D eigenvalue weighted by molar-refractivity contribution is 8.38. The van der Waals surface area contributed by atoms with Crippen molar-refractivity contribution in [1.29, 1.82) is 0 Å². The minimum atomic E-state index is 0.0952. The molecule has 2 rings (SSSR count). The Labute approximate surface area is 129 Å². The van der Waals surface area contributed by atoms with Gasteiger partial charge in [-0.05, 0) is 24.0 Å². The molecule has 0 unspecified atom stereocenters. The molecule has 0 saturated carbocycles. The van der Waals surface area contributed by atoms with E-state index in [2.05, 4.69) is 30.2 Å². The lowest BCUT2D eigenvalue weighted by Gasteiger charge is -2.14. The predicted octanol–water partition coefficient (Wildman–Crippen LogP) is 3.82. The average molecular weight is 308 g/mol. The molecule has 1 aliphatic rings. The summed E-state index contributed by atoms with van der Waals surface area (Å²) in [6, 6.07) is 8.17. The smallest absolute Gasteiger partial charge is 0.230 e. The summed E-state index contributed by atoms with van der Waals surface area (Å²) in [5.74, 6) is 2.11. The second-order valence-electron chi connectivity index (χ2n) is 5.12. The van der Waals surface area contributed by atoms with Gasteiger partial charge in [0, 0.05) is 12.3 Å². The molecule has 3 nitrogen and oxygen atoms in total. The normalized spacial score (nSPS) is 13.8. The molecule has 108 valence electrons. The van der Waals surface area contributed by atoms with E-state index >= 15 is 0 Å². The summed E-state index contributed by atoms with van der Waals surface area (Å²) in [6.07, 6.45) is 1.03. The molecule has 0 aliphatic carbocycles. The zero-order chi connectivity index (χ0) is 14.4. The molecule has 5 heteroatoms. The third-order valence-corrected chi connectivity index (χ3v) is 5.17. The van der Waals surface area contributed by atoms with E-state index in [1.54, 1.807) is 11.8 Å². The van der Waals surface area contributed by atoms with Gasteiger partial charge >= 0.3 is 0 Å². The highest BCUT2D eigenvalue weighted by Crippen LogP contribution is 2.34. The van der Waals surface area contributed by atoms with Crippen LogP contribution in [0.25, 0.3) is 0 Å². The minimum absolute atomic E-state index is 0.0952. The van der Waals surface area contributed by atoms with Crippen molar-refractivity contribution in [3.05, 3.63) is 29.8 Å². The minimum Gasteiger partial charge on any atom is -0.355 e. The van der Waals surface area contributed by atoms with Crippen LogP contribution in [0.4, 0.5) is 5.69 Å². The Hall–Kier alpha value is -0.940. The van der Waals surface area contributed by atoms with Crippen LogP contribution in [0.5, 0.6) is 0 Å². The number of thioether (sulfide) groups is 2. The largest absolute Gasteiger partial charge is 0.355 e. The quantitative estimate of drug-likeness (QED) is 0.899. The molecule has 1 amide bonds. The van der Waals surface area contributed by atoms with Crippen LogP contribution in [0, 0.1) is 5.92 Å². The molecule has 1 N–H and O–H groups in total. The van der Waals surface area contributed by atoms with Gasteiger partial charge in [0.1, 0.15) is 4.38 Å². The first-order valence-corrected chi connectivity index (χ1v) is 8.81. The summed E-state index contributed by atoms with van der Waals surface area (Å²) in [7, 11) is 0. The molecule has 0 fully saturated rings. The number of carbonyl (C=O) groups excluding carboxylic acids is 1. The van der Waals surface area contributed by atoms with Crippen molar-refractivity contribution in [2.24, 2.45) is 10.9 Å². The number of amides is 1. The number of rotatable bonds is 5. The van der Waals surface area contributed by atoms with Crippen LogP contribution < -0.4 is 5.32 Å². The Morgan fingerprint density at radius 3 is 3.05 bits per heavy atom. The zero-order valence-electron chi connectivity index (χ0n) is 11.9. The standard InChI is InChI=1S/C15H20N2OS2/c1-11(2)7-8-16-14(18)10-20-15-17-13-6-4-3-5-12(13)9-19-15/h3-6,11H,7-10H2,1-2H3,(H,16,18). The van der Waals surface area contributed by atoms with E-state index in [-0.39, 0.29) is 5.91 Å². The summed E-state index contributed by atoms with van der Waals surface area (Å²) in [6.45, 7) is 5.08. The fraction of sp³-hybridized carbons (Fsp3) is 0.467. The zero-order valence-corrected chi connectivity index (χ0v) is 13.5. The van der Waals surface area contributed by atoms with Gasteiger partial charge < -0.3 is 5.32 Å². The molecular formula is C15H20N2OS2. The Balaban J connectivity index is 1.78. The number of nitrogens with zero attached hydrogens (tertiary/aromatic N) is 1. The van der Waals surface area contributed by atoms with E-state index in [9.17, 15) is 4.79 Å². The number of fused-ring (bicyclic) bond motifs is 1. The Morgan fingerprint density at radius 1 is 1.45 bits per heavy atom. The second kappa shape index (κ2) is 7.74. The molecule has 1 aliphatic heterocycles. The summed E-state index contributed by atoms with van der Waals surface area (Å²) in [5, 5.41) is 2.95. The van der Waals surface area contributed by atoms with Crippen molar-refractivity contribution in [3.8, 4) is 0 Å². The number of benzene rings is 1. The Morgan fingerprint density at radius 2 is 2.25 bits per heavy atom. The molecule has 1 aromatic carbocycles. The lowest BCUT2D eigenvalue weighted by Crippen LogP contribution is -2.27. The van der Waals surface area contributed by atoms with Gasteiger partial charge in [-0.1, -0.05) is 55.6 Å². The van der Waals surface area contributed by atoms with Crippen molar-refractivity contribution >= 4 is 39.5 Å². The third kappa shape index (κ3) is 4.87. The molecule has 0 aromatic heterocycles. The first-order valence-electron chi connectivity index (χ1n) is 6.84. The lowest BCUT2D eigenvalue weighted by molar-refractivity contribution is -0.118. The van der Waals surface area contributed by atoms with Gasteiger partial charge in [0.15, 0.2) is 0 Å². The van der Waals surface area contributed by atoms with Crippen LogP contribution in [0.2, 0.25) is 0 Å². The monoisotopic (exact) mass is 308 g/mol. The molecule has 0 radical (unpaired) electrons. The molecule has 0 bridgehead atoms. The van der Waals surface area contributed by atoms with Crippen LogP contribution in [0.3, 0.4) is 0 Å². The van der Waals surface area contributed by atoms with E-state index in [0.717, 1.165) is 28.8 Å². The number of hydrogen-bond acceptors (Lipinski definition) is 4. The van der Waals surface area contributed by atoms with Gasteiger partial charge in [-0.3, -0.25) is 4.79 Å². The molecule has 0 saturated heterocycles. The van der Waals surface area contributed by atoms with Gasteiger partial charge in [-0.2, -0.15) is 0 Å². The molecule has 0 spiro atoms. The Kier molecular flexibility index (Phi) is 5.98. The lowest BCUT2D eigenvalue weighted by atomic mass is 10.1. The van der Waals surface area contributed by atoms with E-state index < -0.39 is 0 Å². The highest BCUT2D eigenvalue weighted by atomic mass is 32.2. The summed E-state index contributed by atoms with van der Waals surface area (Å²) in [4.78, 5) is 16.3. The van der Waals surface area contributed by atoms with Gasteiger partial charge in [-0.25, -0.2) is 4.99 Å². The number of aliphatic imine (C=N–C) groups is 1. The second-order valence-corrected chi connectivity index (χ2v) is 7.30. The average Bonchev–Trinajstić information content (AvgIpc) is 2.44. The maximum atomic E-state index is 11.7. The summed E-state index contributed by atoms with van der Waals surface area (Å²) in [5.41, 5.74) is 2.30. The summed E-state index contributed by atoms with van der Waals surface area (Å²) >= 11 is 3.24. The molecule has 1 heterocycles. The first kappa shape index (κ1) is 15.4. The topological polar surface area (TPSA) is 41.5 Å². The summed E-state index contributed by atoms with van der Waals surface area (Å²) < 4.78 is 0.989. The van der Waals surface area contributed by atoms with Crippen LogP contribution in [-0.2, 0) is 10.5 Å². The SMILES string of the molecule is CC(C)CCNC(=O)CSC1=Nc2ccccc2CS1. The molecule has 20 heavy (non-hydrogen) atoms. The molecular weight excluding hydrogens is 288 g/mol. The van der Waals surface area contributed by atoms with Gasteiger partial charge in [0.05, 0.1) is 11.4 Å². The number of carbonyl (C=O) groups is 1. The van der Waals surface area contributed by atoms with E-state index in [4.69, 9.17) is 0 Å². The van der Waals surface area contributed by atoms with Crippen molar-refractivity contribution in [3.63, 3.8) is 0 Å². The first-order chi connectivity index (χ1) is 9.65. The van der Waals surface area contributed by atoms with Crippen molar-refractivity contribution in [2.45, 2.75) is 26.0 Å². The molecule has 1 aromatic rings. The van der Waals surface area contributed by atoms with Crippen molar-refractivity contribution in [2.75, 3.05) is 12.3 Å². The van der Waals surface area contributed by atoms with Crippen LogP contribution in [0.15, 0.2) is 29.3 Å². The van der Waals surface area contributed by atoms with Gasteiger partial charge in [-0.15, -0.1) is 0 Å². The van der Waals surface area contributed by atoms with Gasteiger partial charge in [0.2, 0.25) is 5.91 Å². The third-order valence-electron chi connectivity index (χ3n) is 2.93. The fourth-order valence-corrected chi connectivity index (χ4v) is 3.66. The van der Waals surface area contributed by atoms with E-state index in [1.165, 1.54) is 17.3 Å². The van der Waals surface area contributed by atoms with Crippen LogP contribution in [0.1, 0.15) is 25.8 Å². The maximum absolute atomic E-state index is 11.7. The predicted molar refractivity (Wildman–Crippen MR) is 89.8 cm³/mol. The molecule has 0 atom stereocenters. The maximum Gasteiger partial charge on any atom is 0.230 e. The number of para-hydroxylation sites is 1. The fourth-order valence-electron chi connectivity index (χ4n) is 1.76. The van der Waals surface area contributed by atoms with E-state index in [1.807, 2.05) is 18.2 Å². The van der Waals surface area contributed by atoms with E-state index in [0.29, 0.717) is 11.7 Å². The van der Waals surface area contributed by atoms with Crippen LogP contribution in [-0.4, -0.2) is 22.6 Å². The number of nitrogens with one attached hydrogen (secondary N) is 1. The van der Waals surface area contributed by atoms with Crippen molar-refractivity contribution < 1.29 is 4.79 Å². The van der Waals surface area contributed by atoms with Gasteiger partial charge in [0.25, 0.3) is 0 Å². The number of hydrogen-bond donors (Lipinski definition) is 1.